The summed E-state index contributed by atoms with van der Waals surface area (Å²) in [4.78, 5) is 0.847. The highest BCUT2D eigenvalue weighted by atomic mass is 32.2. The molecular weight excluding hydrogens is 340 g/mol. The van der Waals surface area contributed by atoms with Gasteiger partial charge in [-0.3, -0.25) is 0 Å². The zero-order valence-corrected chi connectivity index (χ0v) is 16.4. The van der Waals surface area contributed by atoms with Gasteiger partial charge in [0, 0.05) is 10.3 Å². The summed E-state index contributed by atoms with van der Waals surface area (Å²) in [5.41, 5.74) is 3.38. The molecule has 0 heterocycles. The fourth-order valence-electron chi connectivity index (χ4n) is 2.88. The van der Waals surface area contributed by atoms with Crippen LogP contribution in [0.3, 0.4) is 0 Å². The van der Waals surface area contributed by atoms with E-state index in [1.54, 1.807) is 0 Å². The van der Waals surface area contributed by atoms with Crippen LogP contribution in [0.4, 0.5) is 0 Å². The topological polar surface area (TPSA) is 17.1 Å². The van der Waals surface area contributed by atoms with Crippen molar-refractivity contribution in [2.45, 2.75) is 18.4 Å². The van der Waals surface area contributed by atoms with Crippen LogP contribution in [0.1, 0.15) is 5.56 Å². The molecule has 3 aromatic rings. The summed E-state index contributed by atoms with van der Waals surface area (Å²) >= 11 is 0. The Balaban J connectivity index is 1.98. The largest absolute Gasteiger partial charge is 0.250 e. The molecule has 0 N–H and O–H groups in total. The minimum atomic E-state index is -2.08. The average molecular weight is 363 g/mol. The minimum absolute atomic E-state index is 0.847. The Bertz CT molecular complexity index is 831. The Morgan fingerprint density at radius 2 is 1.24 bits per heavy atom. The van der Waals surface area contributed by atoms with Crippen molar-refractivity contribution in [2.75, 3.05) is 0 Å². The van der Waals surface area contributed by atoms with Crippen LogP contribution in [0.15, 0.2) is 101 Å². The van der Waals surface area contributed by atoms with E-state index in [0.717, 1.165) is 4.90 Å². The molecule has 0 saturated heterocycles. The second kappa shape index (κ2) is 7.77. The van der Waals surface area contributed by atoms with Crippen LogP contribution in [0, 0.1) is 6.92 Å². The van der Waals surface area contributed by atoms with E-state index in [9.17, 15) is 4.21 Å². The van der Waals surface area contributed by atoms with Crippen molar-refractivity contribution >= 4 is 29.2 Å². The summed E-state index contributed by atoms with van der Waals surface area (Å²) < 4.78 is 12.7. The third kappa shape index (κ3) is 4.06. The summed E-state index contributed by atoms with van der Waals surface area (Å²) in [6.07, 6.45) is 0. The Labute approximate surface area is 153 Å². The van der Waals surface area contributed by atoms with E-state index in [4.69, 9.17) is 0 Å². The van der Waals surface area contributed by atoms with Crippen LogP contribution in [0.25, 0.3) is 0 Å². The lowest BCUT2D eigenvalue weighted by Gasteiger charge is -2.25. The van der Waals surface area contributed by atoms with Gasteiger partial charge in [0.15, 0.2) is 0 Å². The molecule has 1 atom stereocenters. The highest BCUT2D eigenvalue weighted by molar-refractivity contribution is 7.88. The molecule has 0 aliphatic carbocycles. The first-order valence-corrected chi connectivity index (χ1v) is 12.2. The standard InChI is InChI=1S/C22H22OSSi/c1-19-13-15-20(16-14-19)24(23)17-18-25(2,21-9-5-3-6-10-21)22-11-7-4-8-12-22/h3-18H,1-2H3/b18-17+/t24-/m1/s1. The maximum Gasteiger partial charge on any atom is 0.138 e. The molecule has 0 fully saturated rings. The summed E-state index contributed by atoms with van der Waals surface area (Å²) in [6, 6.07) is 29.0. The minimum Gasteiger partial charge on any atom is -0.250 e. The molecule has 0 spiro atoms. The van der Waals surface area contributed by atoms with E-state index in [0.29, 0.717) is 0 Å². The Kier molecular flexibility index (Phi) is 5.46. The third-order valence-corrected chi connectivity index (χ3v) is 9.79. The van der Waals surface area contributed by atoms with E-state index in [-0.39, 0.29) is 0 Å². The van der Waals surface area contributed by atoms with Gasteiger partial charge in [0.05, 0.1) is 10.8 Å². The Morgan fingerprint density at radius 3 is 1.72 bits per heavy atom. The van der Waals surface area contributed by atoms with Crippen molar-refractivity contribution in [2.24, 2.45) is 0 Å². The number of hydrogen-bond donors (Lipinski definition) is 0. The van der Waals surface area contributed by atoms with Crippen molar-refractivity contribution in [1.82, 2.24) is 0 Å². The summed E-state index contributed by atoms with van der Waals surface area (Å²) in [6.45, 7) is 4.35. The third-order valence-electron chi connectivity index (χ3n) is 4.53. The predicted molar refractivity (Wildman–Crippen MR) is 110 cm³/mol. The molecule has 0 aliphatic heterocycles. The molecule has 0 bridgehead atoms. The van der Waals surface area contributed by atoms with Gasteiger partial charge in [-0.05, 0) is 19.1 Å². The first kappa shape index (κ1) is 17.6. The lowest BCUT2D eigenvalue weighted by Crippen LogP contribution is -2.54. The molecular formula is C22H22OSSi. The van der Waals surface area contributed by atoms with Gasteiger partial charge in [-0.15, -0.1) is 0 Å². The van der Waals surface area contributed by atoms with Crippen LogP contribution in [0.2, 0.25) is 6.55 Å². The van der Waals surface area contributed by atoms with Crippen LogP contribution in [0.5, 0.6) is 0 Å². The molecule has 0 aliphatic rings. The monoisotopic (exact) mass is 362 g/mol. The first-order valence-electron chi connectivity index (χ1n) is 8.37. The molecule has 3 rings (SSSR count). The molecule has 0 saturated carbocycles. The second-order valence-electron chi connectivity index (χ2n) is 6.35. The molecule has 0 unspecified atom stereocenters. The van der Waals surface area contributed by atoms with Crippen LogP contribution < -0.4 is 10.4 Å². The fourth-order valence-corrected chi connectivity index (χ4v) is 7.51. The van der Waals surface area contributed by atoms with E-state index < -0.39 is 18.9 Å². The zero-order valence-electron chi connectivity index (χ0n) is 14.6. The average Bonchev–Trinajstić information content (AvgIpc) is 2.68. The van der Waals surface area contributed by atoms with Gasteiger partial charge in [0.2, 0.25) is 0 Å². The molecule has 3 heteroatoms. The van der Waals surface area contributed by atoms with Crippen LogP contribution >= 0.6 is 0 Å². The van der Waals surface area contributed by atoms with Crippen LogP contribution in [-0.4, -0.2) is 12.3 Å². The number of rotatable bonds is 5. The van der Waals surface area contributed by atoms with Gasteiger partial charge in [-0.25, -0.2) is 4.21 Å². The smallest absolute Gasteiger partial charge is 0.138 e. The predicted octanol–water partition coefficient (Wildman–Crippen LogP) is 4.05. The van der Waals surface area contributed by atoms with Crippen molar-refractivity contribution in [1.29, 1.82) is 0 Å². The lowest BCUT2D eigenvalue weighted by atomic mass is 10.2. The molecule has 0 radical (unpaired) electrons. The molecule has 3 aromatic carbocycles. The molecule has 0 amide bonds. The van der Waals surface area contributed by atoms with Gasteiger partial charge in [0.1, 0.15) is 8.07 Å². The van der Waals surface area contributed by atoms with Gasteiger partial charge in [0.25, 0.3) is 0 Å². The Morgan fingerprint density at radius 1 is 0.760 bits per heavy atom. The zero-order chi connectivity index (χ0) is 17.7. The van der Waals surface area contributed by atoms with Crippen molar-refractivity contribution in [3.05, 3.63) is 102 Å². The molecule has 0 aromatic heterocycles. The maximum absolute atomic E-state index is 12.7. The highest BCUT2D eigenvalue weighted by Crippen LogP contribution is 2.13. The number of aryl methyl sites for hydroxylation is 1. The number of hydrogen-bond acceptors (Lipinski definition) is 1. The van der Waals surface area contributed by atoms with E-state index in [1.807, 2.05) is 48.7 Å². The van der Waals surface area contributed by atoms with Crippen molar-refractivity contribution in [3.63, 3.8) is 0 Å². The van der Waals surface area contributed by atoms with Gasteiger partial charge in [-0.2, -0.15) is 0 Å². The first-order chi connectivity index (χ1) is 12.1. The van der Waals surface area contributed by atoms with Gasteiger partial charge >= 0.3 is 0 Å². The van der Waals surface area contributed by atoms with E-state index in [1.165, 1.54) is 15.9 Å². The summed E-state index contributed by atoms with van der Waals surface area (Å²) in [5, 5.41) is 4.51. The Hall–Kier alpha value is -2.23. The highest BCUT2D eigenvalue weighted by Gasteiger charge is 2.28. The normalized spacial score (nSPS) is 13.0. The van der Waals surface area contributed by atoms with Gasteiger partial charge in [-0.1, -0.05) is 101 Å². The number of benzene rings is 3. The lowest BCUT2D eigenvalue weighted by molar-refractivity contribution is 0.688. The van der Waals surface area contributed by atoms with Crippen molar-refractivity contribution < 1.29 is 4.21 Å². The summed E-state index contributed by atoms with van der Waals surface area (Å²) in [7, 11) is -3.21. The molecule has 126 valence electrons. The molecule has 1 nitrogen and oxygen atoms in total. The summed E-state index contributed by atoms with van der Waals surface area (Å²) in [5.74, 6) is 0. The van der Waals surface area contributed by atoms with Gasteiger partial charge < -0.3 is 0 Å². The fraction of sp³-hybridized carbons (Fsp3) is 0.0909. The quantitative estimate of drug-likeness (QED) is 0.626. The second-order valence-corrected chi connectivity index (χ2v) is 11.6. The van der Waals surface area contributed by atoms with E-state index in [2.05, 4.69) is 60.8 Å². The maximum atomic E-state index is 12.7. The SMILES string of the molecule is Cc1ccc([S@](=O)/C=C/[Si](C)(c2ccccc2)c2ccccc2)cc1. The van der Waals surface area contributed by atoms with Crippen molar-refractivity contribution in [3.8, 4) is 0 Å². The van der Waals surface area contributed by atoms with Crippen LogP contribution in [-0.2, 0) is 10.8 Å². The molecule has 25 heavy (non-hydrogen) atoms. The van der Waals surface area contributed by atoms with E-state index >= 15 is 0 Å².